The molecule has 0 amide bonds. The van der Waals surface area contributed by atoms with Crippen LogP contribution in [-0.2, 0) is 0 Å². The van der Waals surface area contributed by atoms with Crippen LogP contribution >= 0.6 is 34.8 Å². The zero-order chi connectivity index (χ0) is 16.7. The van der Waals surface area contributed by atoms with Gasteiger partial charge in [-0.05, 0) is 29.8 Å². The van der Waals surface area contributed by atoms with Crippen LogP contribution in [0.5, 0.6) is 0 Å². The summed E-state index contributed by atoms with van der Waals surface area (Å²) in [5, 5.41) is 13.2. The molecular weight excluding hydrogens is 357 g/mol. The van der Waals surface area contributed by atoms with Crippen molar-refractivity contribution < 1.29 is 0 Å². The average Bonchev–Trinajstić information content (AvgIpc) is 2.51. The number of hydrogen-bond donors (Lipinski definition) is 2. The van der Waals surface area contributed by atoms with Crippen LogP contribution in [0.3, 0.4) is 0 Å². The monoisotopic (exact) mass is 367 g/mol. The van der Waals surface area contributed by atoms with Crippen molar-refractivity contribution in [2.45, 2.75) is 0 Å². The SMILES string of the molecule is NC(=NN=Cc1ccc(Cl)cc1Cl)NN=Cc1ccc(Cl)cc1. The molecule has 2 aromatic rings. The highest BCUT2D eigenvalue weighted by Gasteiger charge is 1.97. The van der Waals surface area contributed by atoms with Crippen molar-refractivity contribution in [2.24, 2.45) is 21.0 Å². The lowest BCUT2D eigenvalue weighted by molar-refractivity contribution is 0.994. The second-order valence-electron chi connectivity index (χ2n) is 4.32. The summed E-state index contributed by atoms with van der Waals surface area (Å²) in [5.41, 5.74) is 9.72. The molecule has 0 atom stereocenters. The summed E-state index contributed by atoms with van der Waals surface area (Å²) in [7, 11) is 0. The molecule has 0 aromatic heterocycles. The number of nitrogens with two attached hydrogens (primary N) is 1. The fourth-order valence-corrected chi connectivity index (χ4v) is 2.09. The minimum absolute atomic E-state index is 0.0385. The molecule has 0 spiro atoms. The standard InChI is InChI=1S/C15H12Cl3N5/c16-12-4-1-10(2-5-12)8-20-22-15(19)23-21-9-11-3-6-13(17)7-14(11)18/h1-9H,(H3,19,22,23). The minimum Gasteiger partial charge on any atom is -0.367 e. The predicted octanol–water partition coefficient (Wildman–Crippen LogP) is 3.92. The number of nitrogens with zero attached hydrogens (tertiary/aromatic N) is 3. The van der Waals surface area contributed by atoms with E-state index in [2.05, 4.69) is 20.7 Å². The van der Waals surface area contributed by atoms with E-state index in [0.717, 1.165) is 5.56 Å². The summed E-state index contributed by atoms with van der Waals surface area (Å²) >= 11 is 17.6. The van der Waals surface area contributed by atoms with Gasteiger partial charge < -0.3 is 5.73 Å². The Balaban J connectivity index is 1.92. The van der Waals surface area contributed by atoms with Crippen LogP contribution in [0.15, 0.2) is 57.8 Å². The first-order valence-corrected chi connectivity index (χ1v) is 7.54. The molecule has 0 aliphatic heterocycles. The molecule has 5 nitrogen and oxygen atoms in total. The van der Waals surface area contributed by atoms with Crippen LogP contribution in [0, 0.1) is 0 Å². The lowest BCUT2D eigenvalue weighted by Crippen LogP contribution is -2.26. The molecule has 118 valence electrons. The molecule has 2 rings (SSSR count). The number of rotatable bonds is 4. The van der Waals surface area contributed by atoms with Gasteiger partial charge in [0.2, 0.25) is 5.96 Å². The van der Waals surface area contributed by atoms with Gasteiger partial charge in [0, 0.05) is 15.6 Å². The van der Waals surface area contributed by atoms with E-state index < -0.39 is 0 Å². The zero-order valence-corrected chi connectivity index (χ0v) is 14.0. The Kier molecular flexibility index (Phi) is 6.40. The van der Waals surface area contributed by atoms with Gasteiger partial charge in [-0.15, -0.1) is 5.10 Å². The Morgan fingerprint density at radius 2 is 1.65 bits per heavy atom. The van der Waals surface area contributed by atoms with Crippen molar-refractivity contribution in [3.63, 3.8) is 0 Å². The first kappa shape index (κ1) is 17.3. The first-order chi connectivity index (χ1) is 11.0. The summed E-state index contributed by atoms with van der Waals surface area (Å²) in [5.74, 6) is 0.0385. The number of guanidine groups is 1. The molecule has 23 heavy (non-hydrogen) atoms. The van der Waals surface area contributed by atoms with E-state index in [0.29, 0.717) is 20.6 Å². The van der Waals surface area contributed by atoms with Crippen LogP contribution in [0.1, 0.15) is 11.1 Å². The number of benzene rings is 2. The minimum atomic E-state index is 0.0385. The number of hydrazone groups is 1. The Hall–Kier alpha value is -2.08. The molecule has 0 saturated carbocycles. The molecule has 2 aromatic carbocycles. The third-order valence-corrected chi connectivity index (χ3v) is 3.40. The van der Waals surface area contributed by atoms with E-state index in [1.807, 2.05) is 12.1 Å². The summed E-state index contributed by atoms with van der Waals surface area (Å²) in [6.45, 7) is 0. The van der Waals surface area contributed by atoms with Gasteiger partial charge in [-0.2, -0.15) is 10.2 Å². The highest BCUT2D eigenvalue weighted by molar-refractivity contribution is 6.36. The molecule has 0 unspecified atom stereocenters. The van der Waals surface area contributed by atoms with E-state index >= 15 is 0 Å². The van der Waals surface area contributed by atoms with Gasteiger partial charge in [-0.3, -0.25) is 0 Å². The zero-order valence-electron chi connectivity index (χ0n) is 11.7. The van der Waals surface area contributed by atoms with Crippen molar-refractivity contribution in [3.8, 4) is 0 Å². The van der Waals surface area contributed by atoms with Crippen molar-refractivity contribution in [3.05, 3.63) is 68.7 Å². The highest BCUT2D eigenvalue weighted by atomic mass is 35.5. The van der Waals surface area contributed by atoms with Gasteiger partial charge in [0.05, 0.1) is 17.5 Å². The second kappa shape index (κ2) is 8.53. The molecule has 0 radical (unpaired) electrons. The van der Waals surface area contributed by atoms with E-state index in [9.17, 15) is 0 Å². The van der Waals surface area contributed by atoms with Gasteiger partial charge in [-0.25, -0.2) is 5.43 Å². The molecule has 0 heterocycles. The predicted molar refractivity (Wildman–Crippen MR) is 97.9 cm³/mol. The molecule has 0 fully saturated rings. The maximum absolute atomic E-state index is 6.00. The third-order valence-electron chi connectivity index (χ3n) is 2.59. The van der Waals surface area contributed by atoms with E-state index in [4.69, 9.17) is 40.5 Å². The van der Waals surface area contributed by atoms with Crippen LogP contribution < -0.4 is 11.2 Å². The molecule has 0 saturated heterocycles. The van der Waals surface area contributed by atoms with E-state index in [1.165, 1.54) is 6.21 Å². The maximum Gasteiger partial charge on any atom is 0.234 e. The van der Waals surface area contributed by atoms with Gasteiger partial charge in [0.15, 0.2) is 0 Å². The van der Waals surface area contributed by atoms with Gasteiger partial charge in [0.1, 0.15) is 0 Å². The average molecular weight is 369 g/mol. The fourth-order valence-electron chi connectivity index (χ4n) is 1.50. The lowest BCUT2D eigenvalue weighted by atomic mass is 10.2. The van der Waals surface area contributed by atoms with E-state index in [1.54, 1.807) is 36.5 Å². The maximum atomic E-state index is 6.00. The van der Waals surface area contributed by atoms with Crippen LogP contribution in [0.2, 0.25) is 15.1 Å². The topological polar surface area (TPSA) is 75.1 Å². The Morgan fingerprint density at radius 3 is 2.35 bits per heavy atom. The normalized spacial score (nSPS) is 12.2. The van der Waals surface area contributed by atoms with Gasteiger partial charge in [-0.1, -0.05) is 53.0 Å². The van der Waals surface area contributed by atoms with Crippen LogP contribution in [0.25, 0.3) is 0 Å². The van der Waals surface area contributed by atoms with Gasteiger partial charge in [0.25, 0.3) is 0 Å². The second-order valence-corrected chi connectivity index (χ2v) is 5.60. The molecule has 0 bridgehead atoms. The van der Waals surface area contributed by atoms with E-state index in [-0.39, 0.29) is 5.96 Å². The van der Waals surface area contributed by atoms with Gasteiger partial charge >= 0.3 is 0 Å². The largest absolute Gasteiger partial charge is 0.367 e. The first-order valence-electron chi connectivity index (χ1n) is 6.41. The van der Waals surface area contributed by atoms with Crippen molar-refractivity contribution in [2.75, 3.05) is 0 Å². The highest BCUT2D eigenvalue weighted by Crippen LogP contribution is 2.19. The number of hydrogen-bond acceptors (Lipinski definition) is 3. The molecule has 0 aliphatic carbocycles. The fraction of sp³-hybridized carbons (Fsp3) is 0. The Morgan fingerprint density at radius 1 is 0.957 bits per heavy atom. The Labute approximate surface area is 148 Å². The third kappa shape index (κ3) is 5.90. The number of nitrogens with one attached hydrogen (secondary N) is 1. The molecule has 8 heteroatoms. The summed E-state index contributed by atoms with van der Waals surface area (Å²) < 4.78 is 0. The molecule has 0 aliphatic rings. The lowest BCUT2D eigenvalue weighted by Gasteiger charge is -1.98. The molecule has 3 N–H and O–H groups in total. The summed E-state index contributed by atoms with van der Waals surface area (Å²) in [6, 6.07) is 12.2. The van der Waals surface area contributed by atoms with Crippen molar-refractivity contribution in [1.82, 2.24) is 5.43 Å². The summed E-state index contributed by atoms with van der Waals surface area (Å²) in [6.07, 6.45) is 3.05. The van der Waals surface area contributed by atoms with Crippen molar-refractivity contribution >= 4 is 53.2 Å². The van der Waals surface area contributed by atoms with Crippen LogP contribution in [0.4, 0.5) is 0 Å². The summed E-state index contributed by atoms with van der Waals surface area (Å²) in [4.78, 5) is 0. The number of halogens is 3. The Bertz CT molecular complexity index is 754. The van der Waals surface area contributed by atoms with Crippen molar-refractivity contribution in [1.29, 1.82) is 0 Å². The van der Waals surface area contributed by atoms with Crippen LogP contribution in [-0.4, -0.2) is 18.4 Å². The smallest absolute Gasteiger partial charge is 0.234 e. The molecular formula is C15H12Cl3N5. The quantitative estimate of drug-likeness (QED) is 0.487.